The normalized spacial score (nSPS) is 11.9. The van der Waals surface area contributed by atoms with E-state index in [0.29, 0.717) is 36.1 Å². The second kappa shape index (κ2) is 11.4. The van der Waals surface area contributed by atoms with Crippen LogP contribution in [0.5, 0.6) is 5.75 Å². The SMILES string of the molecule is O=C(O)COc1ccccc1CCCCNS(=O)(=O)c1ccc(-c2cccc(C(F)(F)F)c2)cc1. The molecule has 0 aliphatic rings. The Labute approximate surface area is 201 Å². The first-order chi connectivity index (χ1) is 16.6. The highest BCUT2D eigenvalue weighted by Gasteiger charge is 2.30. The lowest BCUT2D eigenvalue weighted by molar-refractivity contribution is -0.139. The second-order valence-electron chi connectivity index (χ2n) is 7.75. The summed E-state index contributed by atoms with van der Waals surface area (Å²) < 4.78 is 71.7. The first-order valence-electron chi connectivity index (χ1n) is 10.8. The van der Waals surface area contributed by atoms with Crippen molar-refractivity contribution in [3.05, 3.63) is 83.9 Å². The molecule has 3 aromatic carbocycles. The van der Waals surface area contributed by atoms with E-state index in [9.17, 15) is 26.4 Å². The number of aryl methyl sites for hydroxylation is 1. The summed E-state index contributed by atoms with van der Waals surface area (Å²) in [4.78, 5) is 10.7. The molecule has 35 heavy (non-hydrogen) atoms. The number of hydrogen-bond acceptors (Lipinski definition) is 4. The zero-order chi connectivity index (χ0) is 25.5. The van der Waals surface area contributed by atoms with Crippen LogP contribution < -0.4 is 9.46 Å². The molecule has 0 spiro atoms. The third kappa shape index (κ3) is 7.56. The number of para-hydroxylation sites is 1. The first kappa shape index (κ1) is 26.2. The number of alkyl halides is 3. The molecular formula is C25H24F3NO5S. The summed E-state index contributed by atoms with van der Waals surface area (Å²) in [5.41, 5.74) is 0.870. The van der Waals surface area contributed by atoms with Gasteiger partial charge in [-0.1, -0.05) is 42.5 Å². The van der Waals surface area contributed by atoms with Crippen LogP contribution in [0.3, 0.4) is 0 Å². The lowest BCUT2D eigenvalue weighted by Gasteiger charge is -2.11. The van der Waals surface area contributed by atoms with Crippen molar-refractivity contribution in [2.75, 3.05) is 13.2 Å². The number of ether oxygens (including phenoxy) is 1. The molecule has 0 radical (unpaired) electrons. The van der Waals surface area contributed by atoms with E-state index in [-0.39, 0.29) is 11.4 Å². The lowest BCUT2D eigenvalue weighted by Crippen LogP contribution is -2.24. The van der Waals surface area contributed by atoms with E-state index in [2.05, 4.69) is 4.72 Å². The number of aliphatic carboxylic acids is 1. The average Bonchev–Trinajstić information content (AvgIpc) is 2.82. The van der Waals surface area contributed by atoms with Crippen molar-refractivity contribution in [3.8, 4) is 16.9 Å². The highest BCUT2D eigenvalue weighted by Crippen LogP contribution is 2.32. The minimum absolute atomic E-state index is 0.0145. The van der Waals surface area contributed by atoms with Gasteiger partial charge in [-0.15, -0.1) is 0 Å². The van der Waals surface area contributed by atoms with Gasteiger partial charge in [0.15, 0.2) is 6.61 Å². The van der Waals surface area contributed by atoms with E-state index in [0.717, 1.165) is 17.7 Å². The predicted octanol–water partition coefficient (Wildman–Crippen LogP) is 5.14. The number of benzene rings is 3. The van der Waals surface area contributed by atoms with Gasteiger partial charge in [-0.25, -0.2) is 17.9 Å². The van der Waals surface area contributed by atoms with E-state index in [1.807, 2.05) is 12.1 Å². The lowest BCUT2D eigenvalue weighted by atomic mass is 10.0. The van der Waals surface area contributed by atoms with Gasteiger partial charge in [0, 0.05) is 6.54 Å². The Bertz CT molecular complexity index is 1260. The third-order valence-corrected chi connectivity index (χ3v) is 6.65. The Balaban J connectivity index is 1.54. The molecule has 0 aliphatic carbocycles. The van der Waals surface area contributed by atoms with Gasteiger partial charge in [0.05, 0.1) is 10.5 Å². The number of carboxylic acids is 1. The summed E-state index contributed by atoms with van der Waals surface area (Å²) in [5, 5.41) is 8.76. The maximum Gasteiger partial charge on any atom is 0.416 e. The fourth-order valence-electron chi connectivity index (χ4n) is 3.42. The monoisotopic (exact) mass is 507 g/mol. The number of nitrogens with one attached hydrogen (secondary N) is 1. The molecule has 6 nitrogen and oxygen atoms in total. The van der Waals surface area contributed by atoms with Crippen molar-refractivity contribution in [1.82, 2.24) is 4.72 Å². The molecule has 186 valence electrons. The Morgan fingerprint density at radius 1 is 0.914 bits per heavy atom. The molecule has 0 fully saturated rings. The number of rotatable bonds is 11. The molecule has 0 amide bonds. The molecule has 0 saturated carbocycles. The van der Waals surface area contributed by atoms with E-state index >= 15 is 0 Å². The molecular weight excluding hydrogens is 483 g/mol. The number of carbonyl (C=O) groups is 1. The second-order valence-corrected chi connectivity index (χ2v) is 9.51. The molecule has 0 saturated heterocycles. The molecule has 10 heteroatoms. The van der Waals surface area contributed by atoms with Gasteiger partial charge in [0.2, 0.25) is 10.0 Å². The Kier molecular flexibility index (Phi) is 8.52. The maximum absolute atomic E-state index is 12.9. The summed E-state index contributed by atoms with van der Waals surface area (Å²) >= 11 is 0. The Morgan fingerprint density at radius 3 is 2.31 bits per heavy atom. The average molecular weight is 508 g/mol. The van der Waals surface area contributed by atoms with Crippen molar-refractivity contribution in [2.45, 2.75) is 30.3 Å². The van der Waals surface area contributed by atoms with Crippen LogP contribution in [0.1, 0.15) is 24.0 Å². The van der Waals surface area contributed by atoms with Crippen LogP contribution in [0.2, 0.25) is 0 Å². The van der Waals surface area contributed by atoms with Crippen molar-refractivity contribution < 1.29 is 36.2 Å². The highest BCUT2D eigenvalue weighted by molar-refractivity contribution is 7.89. The summed E-state index contributed by atoms with van der Waals surface area (Å²) in [5.74, 6) is -0.589. The zero-order valence-electron chi connectivity index (χ0n) is 18.6. The topological polar surface area (TPSA) is 92.7 Å². The van der Waals surface area contributed by atoms with Crippen LogP contribution >= 0.6 is 0 Å². The van der Waals surface area contributed by atoms with Crippen LogP contribution in [0.15, 0.2) is 77.7 Å². The summed E-state index contributed by atoms with van der Waals surface area (Å²) in [6, 6.07) is 17.6. The van der Waals surface area contributed by atoms with Gasteiger partial charge >= 0.3 is 12.1 Å². The van der Waals surface area contributed by atoms with Crippen LogP contribution in [0.4, 0.5) is 13.2 Å². The van der Waals surface area contributed by atoms with Crippen LogP contribution in [0, 0.1) is 0 Å². The quantitative estimate of drug-likeness (QED) is 0.351. The van der Waals surface area contributed by atoms with Gasteiger partial charge in [-0.3, -0.25) is 0 Å². The van der Waals surface area contributed by atoms with Gasteiger partial charge in [-0.05, 0) is 66.3 Å². The van der Waals surface area contributed by atoms with Gasteiger partial charge < -0.3 is 9.84 Å². The molecule has 0 aliphatic heterocycles. The molecule has 3 aromatic rings. The molecule has 0 bridgehead atoms. The van der Waals surface area contributed by atoms with Crippen molar-refractivity contribution in [1.29, 1.82) is 0 Å². The third-order valence-electron chi connectivity index (χ3n) is 5.18. The van der Waals surface area contributed by atoms with E-state index in [1.165, 1.54) is 36.4 Å². The fraction of sp³-hybridized carbons (Fsp3) is 0.240. The van der Waals surface area contributed by atoms with Gasteiger partial charge in [-0.2, -0.15) is 13.2 Å². The van der Waals surface area contributed by atoms with E-state index in [4.69, 9.17) is 9.84 Å². The molecule has 0 heterocycles. The van der Waals surface area contributed by atoms with E-state index in [1.54, 1.807) is 12.1 Å². The van der Waals surface area contributed by atoms with Crippen LogP contribution in [-0.4, -0.2) is 32.6 Å². The van der Waals surface area contributed by atoms with Crippen molar-refractivity contribution in [3.63, 3.8) is 0 Å². The zero-order valence-corrected chi connectivity index (χ0v) is 19.4. The number of hydrogen-bond donors (Lipinski definition) is 2. The van der Waals surface area contributed by atoms with Crippen molar-refractivity contribution >= 4 is 16.0 Å². The van der Waals surface area contributed by atoms with Crippen LogP contribution in [0.25, 0.3) is 11.1 Å². The van der Waals surface area contributed by atoms with Gasteiger partial charge in [0.1, 0.15) is 5.75 Å². The number of carboxylic acid groups (broad SMARTS) is 1. The standard InChI is InChI=1S/C25H24F3NO5S/c26-25(27,28)21-9-5-8-20(16-21)18-11-13-22(14-12-18)35(32,33)29-15-4-3-7-19-6-1-2-10-23(19)34-17-24(30)31/h1-2,5-6,8-14,16,29H,3-4,7,15,17H2,(H,30,31). The largest absolute Gasteiger partial charge is 0.482 e. The molecule has 2 N–H and O–H groups in total. The van der Waals surface area contributed by atoms with Crippen LogP contribution in [-0.2, 0) is 27.4 Å². The van der Waals surface area contributed by atoms with E-state index < -0.39 is 34.3 Å². The summed E-state index contributed by atoms with van der Waals surface area (Å²) in [6.45, 7) is -0.251. The molecule has 0 aromatic heterocycles. The fourth-order valence-corrected chi connectivity index (χ4v) is 4.50. The molecule has 0 atom stereocenters. The molecule has 0 unspecified atom stereocenters. The summed E-state index contributed by atoms with van der Waals surface area (Å²) in [6.07, 6.45) is -2.70. The minimum Gasteiger partial charge on any atom is -0.482 e. The maximum atomic E-state index is 12.9. The number of unbranched alkanes of at least 4 members (excludes halogenated alkanes) is 1. The van der Waals surface area contributed by atoms with Crippen molar-refractivity contribution in [2.24, 2.45) is 0 Å². The summed E-state index contributed by atoms with van der Waals surface area (Å²) in [7, 11) is -3.78. The predicted molar refractivity (Wildman–Crippen MR) is 125 cm³/mol. The first-order valence-corrected chi connectivity index (χ1v) is 12.2. The highest BCUT2D eigenvalue weighted by atomic mass is 32.2. The Morgan fingerprint density at radius 2 is 1.63 bits per heavy atom. The minimum atomic E-state index is -4.46. The number of sulfonamides is 1. The molecule has 3 rings (SSSR count). The van der Waals surface area contributed by atoms with Gasteiger partial charge in [0.25, 0.3) is 0 Å². The number of halogens is 3. The smallest absolute Gasteiger partial charge is 0.416 e. The Hall–Kier alpha value is -3.37.